The van der Waals surface area contributed by atoms with Gasteiger partial charge in [-0.3, -0.25) is 0 Å². The molecule has 0 saturated heterocycles. The van der Waals surface area contributed by atoms with Crippen molar-refractivity contribution in [2.24, 2.45) is 5.92 Å². The molecule has 0 bridgehead atoms. The van der Waals surface area contributed by atoms with Crippen LogP contribution in [0.1, 0.15) is 65.4 Å². The summed E-state index contributed by atoms with van der Waals surface area (Å²) < 4.78 is 44.1. The maximum absolute atomic E-state index is 12.7. The average molecular weight is 359 g/mol. The third-order valence-corrected chi connectivity index (χ3v) is 4.47. The molecule has 1 rings (SSSR count). The molecule has 0 aliphatic heterocycles. The number of nitrogens with one attached hydrogen (secondary N) is 1. The third-order valence-electron chi connectivity index (χ3n) is 4.47. The highest BCUT2D eigenvalue weighted by atomic mass is 19.4. The van der Waals surface area contributed by atoms with Crippen LogP contribution in [0.4, 0.5) is 13.2 Å². The quantitative estimate of drug-likeness (QED) is 0.519. The van der Waals surface area contributed by atoms with Crippen LogP contribution in [0.2, 0.25) is 0 Å². The highest BCUT2D eigenvalue weighted by Gasteiger charge is 2.30. The van der Waals surface area contributed by atoms with E-state index < -0.39 is 11.7 Å². The highest BCUT2D eigenvalue weighted by Crippen LogP contribution is 2.31. The zero-order valence-corrected chi connectivity index (χ0v) is 15.8. The Balaban J connectivity index is 2.69. The molecule has 0 heterocycles. The van der Waals surface area contributed by atoms with Crippen LogP contribution in [0.3, 0.4) is 0 Å². The van der Waals surface area contributed by atoms with Gasteiger partial charge in [-0.05, 0) is 69.3 Å². The van der Waals surface area contributed by atoms with Crippen LogP contribution in [0.25, 0.3) is 0 Å². The molecule has 1 aromatic rings. The van der Waals surface area contributed by atoms with Crippen LogP contribution in [0.5, 0.6) is 5.75 Å². The molecule has 5 heteroatoms. The van der Waals surface area contributed by atoms with Gasteiger partial charge >= 0.3 is 6.18 Å². The lowest BCUT2D eigenvalue weighted by atomic mass is 9.94. The van der Waals surface area contributed by atoms with E-state index in [2.05, 4.69) is 33.0 Å². The normalized spacial score (nSPS) is 15.6. The molecule has 0 fully saturated rings. The van der Waals surface area contributed by atoms with E-state index in [4.69, 9.17) is 4.74 Å². The fourth-order valence-corrected chi connectivity index (χ4v) is 2.91. The summed E-state index contributed by atoms with van der Waals surface area (Å²) in [4.78, 5) is 0. The minimum Gasteiger partial charge on any atom is -0.490 e. The first kappa shape index (κ1) is 21.8. The Kier molecular flexibility index (Phi) is 9.33. The fraction of sp³-hybridized carbons (Fsp3) is 0.700. The molecule has 0 saturated carbocycles. The van der Waals surface area contributed by atoms with Crippen LogP contribution in [0.15, 0.2) is 24.3 Å². The summed E-state index contributed by atoms with van der Waals surface area (Å²) in [5.74, 6) is 0.876. The Morgan fingerprint density at radius 1 is 0.960 bits per heavy atom. The Morgan fingerprint density at radius 2 is 1.60 bits per heavy atom. The van der Waals surface area contributed by atoms with Crippen LogP contribution < -0.4 is 10.1 Å². The number of hydrogen-bond acceptors (Lipinski definition) is 2. The van der Waals surface area contributed by atoms with E-state index >= 15 is 0 Å². The summed E-state index contributed by atoms with van der Waals surface area (Å²) in [7, 11) is 0. The second kappa shape index (κ2) is 10.7. The average Bonchev–Trinajstić information content (AvgIpc) is 2.56. The zero-order valence-electron chi connectivity index (χ0n) is 15.8. The molecular weight excluding hydrogens is 327 g/mol. The van der Waals surface area contributed by atoms with Crippen LogP contribution in [-0.4, -0.2) is 18.7 Å². The molecular formula is C20H32F3NO. The van der Waals surface area contributed by atoms with Crippen LogP contribution in [-0.2, 0) is 6.18 Å². The van der Waals surface area contributed by atoms with Gasteiger partial charge in [0.15, 0.2) is 0 Å². The van der Waals surface area contributed by atoms with Crippen molar-refractivity contribution in [3.63, 3.8) is 0 Å². The van der Waals surface area contributed by atoms with Crippen molar-refractivity contribution in [1.29, 1.82) is 0 Å². The van der Waals surface area contributed by atoms with E-state index in [1.54, 1.807) is 0 Å². The van der Waals surface area contributed by atoms with Crippen molar-refractivity contribution in [1.82, 2.24) is 5.32 Å². The largest absolute Gasteiger partial charge is 0.490 e. The molecule has 3 unspecified atom stereocenters. The van der Waals surface area contributed by atoms with Crippen molar-refractivity contribution in [2.75, 3.05) is 6.54 Å². The second-order valence-electron chi connectivity index (χ2n) is 6.88. The van der Waals surface area contributed by atoms with Crippen LogP contribution in [0, 0.1) is 5.92 Å². The molecule has 1 aromatic carbocycles. The highest BCUT2D eigenvalue weighted by molar-refractivity contribution is 5.29. The van der Waals surface area contributed by atoms with E-state index in [-0.39, 0.29) is 6.10 Å². The summed E-state index contributed by atoms with van der Waals surface area (Å²) in [5, 5.41) is 3.47. The molecule has 0 aliphatic rings. The maximum atomic E-state index is 12.7. The third kappa shape index (κ3) is 8.13. The van der Waals surface area contributed by atoms with Crippen molar-refractivity contribution in [3.8, 4) is 5.75 Å². The summed E-state index contributed by atoms with van der Waals surface area (Å²) in [6.07, 6.45) is 0.789. The van der Waals surface area contributed by atoms with E-state index in [1.165, 1.54) is 12.1 Å². The van der Waals surface area contributed by atoms with E-state index in [0.717, 1.165) is 50.8 Å². The van der Waals surface area contributed by atoms with E-state index in [9.17, 15) is 13.2 Å². The minimum atomic E-state index is -4.31. The second-order valence-corrected chi connectivity index (χ2v) is 6.88. The van der Waals surface area contributed by atoms with Gasteiger partial charge in [-0.1, -0.05) is 27.2 Å². The predicted octanol–water partition coefficient (Wildman–Crippen LogP) is 6.06. The molecule has 0 amide bonds. The number of rotatable bonds is 11. The monoisotopic (exact) mass is 359 g/mol. The Morgan fingerprint density at radius 3 is 2.12 bits per heavy atom. The molecule has 3 atom stereocenters. The van der Waals surface area contributed by atoms with Gasteiger partial charge in [-0.15, -0.1) is 0 Å². The number of ether oxygens (including phenoxy) is 1. The summed E-state index contributed by atoms with van der Waals surface area (Å²) >= 11 is 0. The first-order valence-corrected chi connectivity index (χ1v) is 9.35. The lowest BCUT2D eigenvalue weighted by Gasteiger charge is -2.26. The smallest absolute Gasteiger partial charge is 0.416 e. The van der Waals surface area contributed by atoms with Crippen molar-refractivity contribution < 1.29 is 17.9 Å². The predicted molar refractivity (Wildman–Crippen MR) is 96.9 cm³/mol. The summed E-state index contributed by atoms with van der Waals surface area (Å²) in [6.45, 7) is 9.59. The van der Waals surface area contributed by atoms with Gasteiger partial charge in [0.2, 0.25) is 0 Å². The number of hydrogen-bond donors (Lipinski definition) is 1. The summed E-state index contributed by atoms with van der Waals surface area (Å²) in [6, 6.07) is 5.43. The SMILES string of the molecule is CCCNC(C)CCC(Oc1ccc(C(F)(F)F)cc1)C(C)CCC. The molecule has 1 N–H and O–H groups in total. The van der Waals surface area contributed by atoms with Crippen molar-refractivity contribution in [2.45, 2.75) is 78.1 Å². The van der Waals surface area contributed by atoms with Gasteiger partial charge < -0.3 is 10.1 Å². The Hall–Kier alpha value is -1.23. The Labute approximate surface area is 150 Å². The molecule has 25 heavy (non-hydrogen) atoms. The van der Waals surface area contributed by atoms with Crippen LogP contribution >= 0.6 is 0 Å². The summed E-state index contributed by atoms with van der Waals surface area (Å²) in [5.41, 5.74) is -0.643. The molecule has 2 nitrogen and oxygen atoms in total. The van der Waals surface area contributed by atoms with Crippen molar-refractivity contribution in [3.05, 3.63) is 29.8 Å². The lowest BCUT2D eigenvalue weighted by Crippen LogP contribution is -2.31. The Bertz CT molecular complexity index is 473. The fourth-order valence-electron chi connectivity index (χ4n) is 2.91. The minimum absolute atomic E-state index is 0.0163. The first-order valence-electron chi connectivity index (χ1n) is 9.35. The first-order chi connectivity index (χ1) is 11.8. The van der Waals surface area contributed by atoms with Gasteiger partial charge in [-0.2, -0.15) is 13.2 Å². The van der Waals surface area contributed by atoms with Gasteiger partial charge in [0, 0.05) is 6.04 Å². The number of benzene rings is 1. The van der Waals surface area contributed by atoms with Gasteiger partial charge in [-0.25, -0.2) is 0 Å². The standard InChI is InChI=1S/C20H32F3NO/c1-5-7-15(3)19(13-8-16(4)24-14-6-2)25-18-11-9-17(10-12-18)20(21,22)23/h9-12,15-16,19,24H,5-8,13-14H2,1-4H3. The topological polar surface area (TPSA) is 21.3 Å². The van der Waals surface area contributed by atoms with Gasteiger partial charge in [0.25, 0.3) is 0 Å². The van der Waals surface area contributed by atoms with E-state index in [1.807, 2.05) is 0 Å². The molecule has 0 spiro atoms. The lowest BCUT2D eigenvalue weighted by molar-refractivity contribution is -0.137. The number of halogens is 3. The molecule has 0 aromatic heterocycles. The molecule has 0 aliphatic carbocycles. The number of alkyl halides is 3. The van der Waals surface area contributed by atoms with Gasteiger partial charge in [0.1, 0.15) is 11.9 Å². The zero-order chi connectivity index (χ0) is 18.9. The molecule has 144 valence electrons. The molecule has 0 radical (unpaired) electrons. The maximum Gasteiger partial charge on any atom is 0.416 e. The van der Waals surface area contributed by atoms with Crippen molar-refractivity contribution >= 4 is 0 Å². The van der Waals surface area contributed by atoms with E-state index in [0.29, 0.717) is 17.7 Å². The van der Waals surface area contributed by atoms with Gasteiger partial charge in [0.05, 0.1) is 5.56 Å².